The van der Waals surface area contributed by atoms with Crippen LogP contribution in [0.1, 0.15) is 31.5 Å². The summed E-state index contributed by atoms with van der Waals surface area (Å²) in [4.78, 5) is 33.2. The van der Waals surface area contributed by atoms with Crippen molar-refractivity contribution in [2.75, 3.05) is 26.8 Å². The van der Waals surface area contributed by atoms with Crippen LogP contribution in [-0.4, -0.2) is 65.1 Å². The van der Waals surface area contributed by atoms with Gasteiger partial charge in [0, 0.05) is 32.1 Å². The van der Waals surface area contributed by atoms with Gasteiger partial charge in [-0.05, 0) is 55.3 Å². The van der Waals surface area contributed by atoms with E-state index in [1.54, 1.807) is 44.5 Å². The fourth-order valence-electron chi connectivity index (χ4n) is 4.91. The molecular weight excluding hydrogens is 546 g/mol. The van der Waals surface area contributed by atoms with Crippen LogP contribution < -0.4 is 15.0 Å². The lowest BCUT2D eigenvalue weighted by Gasteiger charge is -2.27. The second-order valence-electron chi connectivity index (χ2n) is 9.58. The van der Waals surface area contributed by atoms with Crippen LogP contribution in [0.25, 0.3) is 28.5 Å². The van der Waals surface area contributed by atoms with Crippen LogP contribution in [0, 0.1) is 0 Å². The van der Waals surface area contributed by atoms with E-state index in [0.717, 1.165) is 5.56 Å². The number of carbonyl (C=O) groups excluding carboxylic acids is 1. The summed E-state index contributed by atoms with van der Waals surface area (Å²) in [5.74, 6) is 1.09. The first-order valence-corrected chi connectivity index (χ1v) is 14.7. The number of ether oxygens (including phenoxy) is 2. The monoisotopic (exact) mass is 577 g/mol. The first-order valence-electron chi connectivity index (χ1n) is 13.3. The standard InChI is InChI=1S/C29H31N5O6S/c1-5-23-26-27(33(3)32-23)29(36)31-28(30-26)22-16-21(10-11-25(22)40-6-2)41(37,38)34-13-12-24(35)19(17-34)14-18-8-7-9-20(15-18)39-4/h7-11,14-16H,5-6,12-13,17H2,1-4H3,(H,30,31,36)/b19-14-. The molecule has 12 heteroatoms. The Bertz CT molecular complexity index is 1840. The fraction of sp³-hybridized carbons (Fsp3) is 0.310. The third kappa shape index (κ3) is 5.40. The summed E-state index contributed by atoms with van der Waals surface area (Å²) < 4.78 is 41.5. The number of nitrogens with one attached hydrogen (secondary N) is 1. The number of hydrogen-bond donors (Lipinski definition) is 1. The number of aromatic nitrogens is 4. The summed E-state index contributed by atoms with van der Waals surface area (Å²) in [6.45, 7) is 4.03. The zero-order chi connectivity index (χ0) is 29.3. The summed E-state index contributed by atoms with van der Waals surface area (Å²) in [5, 5.41) is 4.39. The van der Waals surface area contributed by atoms with Gasteiger partial charge in [0.25, 0.3) is 5.56 Å². The Morgan fingerprint density at radius 3 is 2.66 bits per heavy atom. The summed E-state index contributed by atoms with van der Waals surface area (Å²) in [7, 11) is -0.790. The molecule has 1 aliphatic rings. The van der Waals surface area contributed by atoms with Crippen molar-refractivity contribution in [2.24, 2.45) is 7.05 Å². The number of benzene rings is 2. The molecule has 1 N–H and O–H groups in total. The molecule has 1 aliphatic heterocycles. The van der Waals surface area contributed by atoms with Gasteiger partial charge in [-0.15, -0.1) is 0 Å². The first-order chi connectivity index (χ1) is 19.7. The number of rotatable bonds is 8. The number of piperidine rings is 1. The predicted octanol–water partition coefficient (Wildman–Crippen LogP) is 3.34. The van der Waals surface area contributed by atoms with Crippen molar-refractivity contribution in [1.82, 2.24) is 24.1 Å². The smallest absolute Gasteiger partial charge is 0.277 e. The highest BCUT2D eigenvalue weighted by molar-refractivity contribution is 7.89. The van der Waals surface area contributed by atoms with Gasteiger partial charge in [0.1, 0.15) is 22.8 Å². The number of ketones is 1. The number of sulfonamides is 1. The van der Waals surface area contributed by atoms with E-state index in [-0.39, 0.29) is 36.0 Å². The molecule has 0 saturated carbocycles. The number of carbonyl (C=O) groups is 1. The minimum Gasteiger partial charge on any atom is -0.497 e. The molecule has 4 aromatic rings. The molecule has 0 amide bonds. The Hall–Kier alpha value is -4.29. The van der Waals surface area contributed by atoms with Crippen molar-refractivity contribution in [3.8, 4) is 22.9 Å². The zero-order valence-corrected chi connectivity index (χ0v) is 24.1. The van der Waals surface area contributed by atoms with Crippen molar-refractivity contribution in [2.45, 2.75) is 31.6 Å². The number of aromatic amines is 1. The van der Waals surface area contributed by atoms with Crippen LogP contribution in [0.15, 0.2) is 57.7 Å². The summed E-state index contributed by atoms with van der Waals surface area (Å²) in [6, 6.07) is 11.7. The normalized spacial score (nSPS) is 15.5. The van der Waals surface area contributed by atoms with Crippen molar-refractivity contribution in [3.05, 3.63) is 69.6 Å². The lowest BCUT2D eigenvalue weighted by molar-refractivity contribution is -0.116. The maximum atomic E-state index is 13.8. The highest BCUT2D eigenvalue weighted by Gasteiger charge is 2.32. The molecule has 0 unspecified atom stereocenters. The average Bonchev–Trinajstić information content (AvgIpc) is 3.30. The molecule has 0 atom stereocenters. The fourth-order valence-corrected chi connectivity index (χ4v) is 6.35. The van der Waals surface area contributed by atoms with Gasteiger partial charge in [-0.25, -0.2) is 13.4 Å². The van der Waals surface area contributed by atoms with Crippen molar-refractivity contribution >= 4 is 32.9 Å². The quantitative estimate of drug-likeness (QED) is 0.315. The predicted molar refractivity (Wildman–Crippen MR) is 154 cm³/mol. The van der Waals surface area contributed by atoms with Gasteiger partial charge >= 0.3 is 0 Å². The molecule has 1 fully saturated rings. The van der Waals surface area contributed by atoms with Crippen LogP contribution in [0.2, 0.25) is 0 Å². The zero-order valence-electron chi connectivity index (χ0n) is 23.3. The Balaban J connectivity index is 1.55. The van der Waals surface area contributed by atoms with Gasteiger partial charge in [0.2, 0.25) is 10.0 Å². The number of H-pyrrole nitrogens is 1. The van der Waals surface area contributed by atoms with Gasteiger partial charge in [-0.2, -0.15) is 9.40 Å². The van der Waals surface area contributed by atoms with E-state index in [2.05, 4.69) is 15.1 Å². The van der Waals surface area contributed by atoms with E-state index in [1.807, 2.05) is 19.9 Å². The number of fused-ring (bicyclic) bond motifs is 1. The Labute approximate surface area is 237 Å². The summed E-state index contributed by atoms with van der Waals surface area (Å²) in [5.41, 5.74) is 2.51. The highest BCUT2D eigenvalue weighted by Crippen LogP contribution is 2.33. The Morgan fingerprint density at radius 2 is 1.93 bits per heavy atom. The number of nitrogens with zero attached hydrogens (tertiary/aromatic N) is 4. The molecule has 0 radical (unpaired) electrons. The topological polar surface area (TPSA) is 136 Å². The van der Waals surface area contributed by atoms with E-state index < -0.39 is 15.6 Å². The van der Waals surface area contributed by atoms with Crippen molar-refractivity contribution in [1.29, 1.82) is 0 Å². The van der Waals surface area contributed by atoms with Crippen LogP contribution >= 0.6 is 0 Å². The van der Waals surface area contributed by atoms with Crippen LogP contribution in [-0.2, 0) is 28.3 Å². The van der Waals surface area contributed by atoms with Gasteiger partial charge in [0.05, 0.1) is 29.9 Å². The van der Waals surface area contributed by atoms with Crippen LogP contribution in [0.4, 0.5) is 0 Å². The Morgan fingerprint density at radius 1 is 1.12 bits per heavy atom. The van der Waals surface area contributed by atoms with E-state index in [4.69, 9.17) is 9.47 Å². The third-order valence-corrected chi connectivity index (χ3v) is 8.81. The van der Waals surface area contributed by atoms with E-state index in [9.17, 15) is 18.0 Å². The molecule has 1 saturated heterocycles. The summed E-state index contributed by atoms with van der Waals surface area (Å²) >= 11 is 0. The minimum absolute atomic E-state index is 0.00400. The maximum Gasteiger partial charge on any atom is 0.277 e. The van der Waals surface area contributed by atoms with Gasteiger partial charge in [0.15, 0.2) is 11.3 Å². The molecular formula is C29H31N5O6S. The Kier molecular flexibility index (Phi) is 7.78. The number of Topliss-reactive ketones (excluding diaryl/α,β-unsaturated/α-hetero) is 1. The number of aryl methyl sites for hydroxylation is 2. The second kappa shape index (κ2) is 11.3. The molecule has 11 nitrogen and oxygen atoms in total. The van der Waals surface area contributed by atoms with Crippen molar-refractivity contribution in [3.63, 3.8) is 0 Å². The van der Waals surface area contributed by atoms with Crippen molar-refractivity contribution < 1.29 is 22.7 Å². The third-order valence-electron chi connectivity index (χ3n) is 6.97. The highest BCUT2D eigenvalue weighted by atomic mass is 32.2. The second-order valence-corrected chi connectivity index (χ2v) is 11.5. The van der Waals surface area contributed by atoms with E-state index >= 15 is 0 Å². The van der Waals surface area contributed by atoms with E-state index in [1.165, 1.54) is 21.1 Å². The van der Waals surface area contributed by atoms with E-state index in [0.29, 0.717) is 52.4 Å². The average molecular weight is 578 g/mol. The number of hydrogen-bond acceptors (Lipinski definition) is 8. The molecule has 0 aliphatic carbocycles. The molecule has 0 spiro atoms. The largest absolute Gasteiger partial charge is 0.497 e. The lowest BCUT2D eigenvalue weighted by Crippen LogP contribution is -2.40. The van der Waals surface area contributed by atoms with Crippen LogP contribution in [0.3, 0.4) is 0 Å². The molecule has 2 aromatic heterocycles. The van der Waals surface area contributed by atoms with Crippen LogP contribution in [0.5, 0.6) is 11.5 Å². The molecule has 214 valence electrons. The molecule has 0 bridgehead atoms. The molecule has 3 heterocycles. The lowest BCUT2D eigenvalue weighted by atomic mass is 10.0. The van der Waals surface area contributed by atoms with Gasteiger partial charge < -0.3 is 14.5 Å². The first kappa shape index (κ1) is 28.2. The van der Waals surface area contributed by atoms with Gasteiger partial charge in [-0.3, -0.25) is 14.3 Å². The molecule has 2 aromatic carbocycles. The number of methoxy groups -OCH3 is 1. The summed E-state index contributed by atoms with van der Waals surface area (Å²) in [6.07, 6.45) is 2.32. The SMILES string of the molecule is CCOc1ccc(S(=O)(=O)N2CCC(=O)/C(=C\c3cccc(OC)c3)C2)cc1-c1nc2c(CC)nn(C)c2c(=O)[nH]1. The minimum atomic E-state index is -4.02. The maximum absolute atomic E-state index is 13.8. The molecule has 41 heavy (non-hydrogen) atoms. The van der Waals surface area contributed by atoms with Gasteiger partial charge in [-0.1, -0.05) is 19.1 Å². The molecule has 5 rings (SSSR count).